The molecule has 330 valence electrons. The summed E-state index contributed by atoms with van der Waals surface area (Å²) in [6, 6.07) is 23.4. The number of ether oxygens (including phenoxy) is 7. The number of aliphatic hydroxyl groups is 3. The van der Waals surface area contributed by atoms with E-state index in [-0.39, 0.29) is 39.4 Å². The molecule has 12 atom stereocenters. The number of carbonyl (C=O) groups excluding carboxylic acids is 3. The van der Waals surface area contributed by atoms with Gasteiger partial charge in [-0.15, -0.1) is 0 Å². The Labute approximate surface area is 353 Å². The number of hydrogen-bond donors (Lipinski definition) is 8. The standard InChI is InChI=1S/C43H55N5O13/c1-43(54)25-58-39(34(50)37(43)45-2)60-35-30(44)20-32(48-42(53)57-24-28-16-10-5-11-17-28)36(33(35)49)61-38-31(47-41(52)56-23-27-14-8-4-9-15-27)19-18-29(59-38)21-46-40(51)55-22-26-12-6-3-7-13-26/h3-19,29-39,45,49-50,54H,20-25,44H2,1-2H3,(H,46,51)(H,47,52)(H,48,53)/t29-,30+,31-,32-,33+,34-,35-,36+,37+,38+,39+,43-/m1/s1. The minimum absolute atomic E-state index is 0.0264. The van der Waals surface area contributed by atoms with Crippen LogP contribution in [0.15, 0.2) is 103 Å². The van der Waals surface area contributed by atoms with E-state index in [9.17, 15) is 29.7 Å². The molecule has 6 rings (SSSR count). The Balaban J connectivity index is 1.20. The van der Waals surface area contributed by atoms with E-state index in [2.05, 4.69) is 21.3 Å². The van der Waals surface area contributed by atoms with Crippen LogP contribution in [0.3, 0.4) is 0 Å². The first-order chi connectivity index (χ1) is 29.4. The molecule has 3 aromatic carbocycles. The van der Waals surface area contributed by atoms with Gasteiger partial charge in [-0.3, -0.25) is 0 Å². The highest BCUT2D eigenvalue weighted by atomic mass is 16.7. The van der Waals surface area contributed by atoms with Gasteiger partial charge in [-0.2, -0.15) is 0 Å². The van der Waals surface area contributed by atoms with E-state index in [1.807, 2.05) is 54.6 Å². The van der Waals surface area contributed by atoms with Crippen LogP contribution in [0.4, 0.5) is 14.4 Å². The zero-order chi connectivity index (χ0) is 43.4. The predicted molar refractivity (Wildman–Crippen MR) is 217 cm³/mol. The molecule has 1 saturated heterocycles. The van der Waals surface area contributed by atoms with E-state index in [1.54, 1.807) is 55.6 Å². The topological polar surface area (TPSA) is 251 Å². The molecule has 3 amide bonds. The number of rotatable bonds is 15. The molecule has 2 heterocycles. The Morgan fingerprint density at radius 3 is 1.82 bits per heavy atom. The lowest BCUT2D eigenvalue weighted by Gasteiger charge is -2.48. The van der Waals surface area contributed by atoms with Gasteiger partial charge >= 0.3 is 18.3 Å². The lowest BCUT2D eigenvalue weighted by molar-refractivity contribution is -0.305. The highest BCUT2D eigenvalue weighted by Crippen LogP contribution is 2.32. The van der Waals surface area contributed by atoms with Gasteiger partial charge in [0, 0.05) is 6.04 Å². The lowest BCUT2D eigenvalue weighted by atomic mass is 9.83. The summed E-state index contributed by atoms with van der Waals surface area (Å²) in [5, 5.41) is 45.0. The zero-order valence-electron chi connectivity index (χ0n) is 33.9. The average molecular weight is 850 g/mol. The van der Waals surface area contributed by atoms with Gasteiger partial charge in [0.2, 0.25) is 0 Å². The third kappa shape index (κ3) is 12.7. The number of alkyl carbamates (subject to hydrolysis) is 3. The van der Waals surface area contributed by atoms with Crippen LogP contribution in [0.1, 0.15) is 30.0 Å². The van der Waals surface area contributed by atoms with Crippen molar-refractivity contribution >= 4 is 18.3 Å². The van der Waals surface area contributed by atoms with Gasteiger partial charge in [-0.25, -0.2) is 14.4 Å². The van der Waals surface area contributed by atoms with Crippen molar-refractivity contribution in [2.45, 2.75) is 106 Å². The number of aliphatic hydroxyl groups excluding tert-OH is 2. The first-order valence-electron chi connectivity index (χ1n) is 20.1. The summed E-state index contributed by atoms with van der Waals surface area (Å²) in [5.74, 6) is 0. The summed E-state index contributed by atoms with van der Waals surface area (Å²) in [4.78, 5) is 39.0. The molecule has 61 heavy (non-hydrogen) atoms. The van der Waals surface area contributed by atoms with Crippen molar-refractivity contribution in [3.63, 3.8) is 0 Å². The average Bonchev–Trinajstić information content (AvgIpc) is 3.26. The second kappa shape index (κ2) is 21.6. The Morgan fingerprint density at radius 1 is 0.738 bits per heavy atom. The molecule has 2 fully saturated rings. The quantitative estimate of drug-likeness (QED) is 0.0801. The minimum atomic E-state index is -1.61. The molecular weight excluding hydrogens is 794 g/mol. The summed E-state index contributed by atoms with van der Waals surface area (Å²) in [6.07, 6.45) is -8.24. The molecule has 2 aliphatic heterocycles. The maximum Gasteiger partial charge on any atom is 0.408 e. The zero-order valence-corrected chi connectivity index (χ0v) is 33.9. The SMILES string of the molecule is CN[C@H]1[C@@H](O)[C@H](O[C@H]2[C@H](O)[C@@H](O[C@@H]3O[C@@H](CNC(=O)OCc4ccccc4)C=C[C@H]3NC(=O)OCc3ccccc3)[C@H](NC(=O)OCc3ccccc3)C[C@@H]2N)OC[C@@]1(C)O. The van der Waals surface area contributed by atoms with Crippen molar-refractivity contribution in [1.29, 1.82) is 0 Å². The van der Waals surface area contributed by atoms with Crippen LogP contribution in [0.5, 0.6) is 0 Å². The van der Waals surface area contributed by atoms with Gasteiger partial charge < -0.3 is 75.5 Å². The van der Waals surface area contributed by atoms with Crippen molar-refractivity contribution in [3.8, 4) is 0 Å². The van der Waals surface area contributed by atoms with Gasteiger partial charge in [0.05, 0.1) is 31.3 Å². The fraction of sp³-hybridized carbons (Fsp3) is 0.465. The predicted octanol–water partition coefficient (Wildman–Crippen LogP) is 1.70. The van der Waals surface area contributed by atoms with Crippen LogP contribution >= 0.6 is 0 Å². The van der Waals surface area contributed by atoms with Gasteiger partial charge in [0.15, 0.2) is 12.6 Å². The van der Waals surface area contributed by atoms with E-state index in [4.69, 9.17) is 38.9 Å². The van der Waals surface area contributed by atoms with Crippen LogP contribution in [-0.4, -0.2) is 127 Å². The van der Waals surface area contributed by atoms with Crippen molar-refractivity contribution in [2.24, 2.45) is 5.73 Å². The molecule has 18 heteroatoms. The fourth-order valence-electron chi connectivity index (χ4n) is 7.37. The van der Waals surface area contributed by atoms with Gasteiger partial charge in [-0.1, -0.05) is 103 Å². The van der Waals surface area contributed by atoms with Crippen LogP contribution in [-0.2, 0) is 53.0 Å². The number of benzene rings is 3. The Hall–Kier alpha value is -5.15. The van der Waals surface area contributed by atoms with E-state index in [0.29, 0.717) is 0 Å². The maximum atomic E-state index is 13.3. The first kappa shape index (κ1) is 45.4. The largest absolute Gasteiger partial charge is 0.445 e. The number of carbonyl (C=O) groups is 3. The van der Waals surface area contributed by atoms with E-state index in [0.717, 1.165) is 16.7 Å². The Kier molecular flexibility index (Phi) is 16.1. The van der Waals surface area contributed by atoms with Gasteiger partial charge in [0.1, 0.15) is 55.9 Å². The number of nitrogens with two attached hydrogens (primary N) is 1. The van der Waals surface area contributed by atoms with Crippen molar-refractivity contribution < 1.29 is 62.9 Å². The number of nitrogens with one attached hydrogen (secondary N) is 4. The van der Waals surface area contributed by atoms with Crippen LogP contribution in [0.2, 0.25) is 0 Å². The molecule has 9 N–H and O–H groups in total. The molecule has 0 unspecified atom stereocenters. The number of amides is 3. The highest BCUT2D eigenvalue weighted by Gasteiger charge is 2.52. The van der Waals surface area contributed by atoms with Crippen LogP contribution in [0.25, 0.3) is 0 Å². The maximum absolute atomic E-state index is 13.3. The van der Waals surface area contributed by atoms with E-state index in [1.165, 1.54) is 6.92 Å². The van der Waals surface area contributed by atoms with Crippen LogP contribution < -0.4 is 27.0 Å². The summed E-state index contributed by atoms with van der Waals surface area (Å²) in [5.41, 5.74) is 7.45. The van der Waals surface area contributed by atoms with Crippen molar-refractivity contribution in [2.75, 3.05) is 20.2 Å². The molecule has 1 aliphatic carbocycles. The number of likely N-dealkylation sites (N-methyl/N-ethyl adjacent to an activating group) is 1. The Morgan fingerprint density at radius 2 is 1.26 bits per heavy atom. The van der Waals surface area contributed by atoms with E-state index >= 15 is 0 Å². The summed E-state index contributed by atoms with van der Waals surface area (Å²) in [6.45, 7) is 1.20. The van der Waals surface area contributed by atoms with Crippen molar-refractivity contribution in [1.82, 2.24) is 21.3 Å². The molecule has 3 aromatic rings. The molecule has 0 aromatic heterocycles. The summed E-state index contributed by atoms with van der Waals surface area (Å²) in [7, 11) is 1.57. The van der Waals surface area contributed by atoms with E-state index < -0.39 is 91.1 Å². The van der Waals surface area contributed by atoms with Gasteiger partial charge in [0.25, 0.3) is 0 Å². The third-order valence-electron chi connectivity index (χ3n) is 10.6. The Bertz CT molecular complexity index is 1880. The monoisotopic (exact) mass is 849 g/mol. The highest BCUT2D eigenvalue weighted by molar-refractivity contribution is 5.68. The molecule has 0 bridgehead atoms. The van der Waals surface area contributed by atoms with Crippen molar-refractivity contribution in [3.05, 3.63) is 120 Å². The molecule has 0 radical (unpaired) electrons. The van der Waals surface area contributed by atoms with Crippen LogP contribution in [0, 0.1) is 0 Å². The third-order valence-corrected chi connectivity index (χ3v) is 10.6. The smallest absolute Gasteiger partial charge is 0.408 e. The lowest BCUT2D eigenvalue weighted by Crippen LogP contribution is -2.69. The number of hydrogen-bond acceptors (Lipinski definition) is 15. The second-order valence-electron chi connectivity index (χ2n) is 15.3. The first-order valence-corrected chi connectivity index (χ1v) is 20.1. The molecule has 18 nitrogen and oxygen atoms in total. The summed E-state index contributed by atoms with van der Waals surface area (Å²) >= 11 is 0. The second-order valence-corrected chi connectivity index (χ2v) is 15.3. The normalized spacial score (nSPS) is 31.0. The molecular formula is C43H55N5O13. The molecule has 1 saturated carbocycles. The molecule has 3 aliphatic rings. The van der Waals surface area contributed by atoms with Gasteiger partial charge in [-0.05, 0) is 37.1 Å². The summed E-state index contributed by atoms with van der Waals surface area (Å²) < 4.78 is 41.0. The minimum Gasteiger partial charge on any atom is -0.445 e. The molecule has 0 spiro atoms. The fourth-order valence-corrected chi connectivity index (χ4v) is 7.37.